The molecule has 7 rings (SSSR count). The molecule has 4 aliphatic rings. The van der Waals surface area contributed by atoms with Crippen molar-refractivity contribution in [1.82, 2.24) is 15.6 Å². The van der Waals surface area contributed by atoms with Gasteiger partial charge in [-0.3, -0.25) is 14.8 Å². The number of nitrogens with two attached hydrogens (primary N) is 1. The number of aliphatic imine (C=N–C) groups is 1. The van der Waals surface area contributed by atoms with Crippen molar-refractivity contribution in [3.05, 3.63) is 71.5 Å². The lowest BCUT2D eigenvalue weighted by molar-refractivity contribution is -0.191. The minimum Gasteiger partial charge on any atom is -0.504 e. The van der Waals surface area contributed by atoms with Crippen molar-refractivity contribution in [3.8, 4) is 28.7 Å². The third kappa shape index (κ3) is 9.48. The highest BCUT2D eigenvalue weighted by molar-refractivity contribution is 8.77. The van der Waals surface area contributed by atoms with E-state index in [-0.39, 0.29) is 70.1 Å². The molecule has 0 amide bonds. The van der Waals surface area contributed by atoms with Gasteiger partial charge >= 0.3 is 5.97 Å². The van der Waals surface area contributed by atoms with E-state index in [4.69, 9.17) is 24.7 Å². The summed E-state index contributed by atoms with van der Waals surface area (Å²) in [5, 5.41) is 40.1. The number of hydrogen-bond acceptors (Lipinski definition) is 13. The number of phenols is 3. The van der Waals surface area contributed by atoms with Crippen LogP contribution < -0.4 is 25.8 Å². The molecule has 9 unspecified atom stereocenters. The van der Waals surface area contributed by atoms with Gasteiger partial charge in [-0.1, -0.05) is 33.7 Å². The highest BCUT2D eigenvalue weighted by Gasteiger charge is 2.51. The zero-order chi connectivity index (χ0) is 40.1. The van der Waals surface area contributed by atoms with Crippen LogP contribution in [-0.2, 0) is 27.1 Å². The van der Waals surface area contributed by atoms with Gasteiger partial charge in [-0.05, 0) is 92.6 Å². The molecule has 3 fully saturated rings. The summed E-state index contributed by atoms with van der Waals surface area (Å²) in [6.07, 6.45) is 8.63. The standard InChI is InChI=1S/C42H55N5O8S2/c1-24(48)53-34-20-33(27-18-32(50)39(51)36(19-27)52-15-12-25-6-5-14-46-22-25)55-40-29(34)9-11-37-30(40)16-26-8-10-31(49)35(17-26)54-28-7-4-13-42(21-28,47-41(43)45-3)38(23-44-2)57-56-37/h5-6,8,10,14,17-19,22,28-30,33-34,37-38,40,44,49-51H,4,7,9,11-13,15-16,20-21,23H2,1-3H3,(H3,43,45,47). The number of guanidine groups is 1. The van der Waals surface area contributed by atoms with Crippen molar-refractivity contribution < 1.29 is 39.1 Å². The topological polar surface area (TPSA) is 190 Å². The fourth-order valence-corrected chi connectivity index (χ4v) is 13.1. The van der Waals surface area contributed by atoms with Gasteiger partial charge in [0.25, 0.3) is 0 Å². The van der Waals surface area contributed by atoms with Crippen molar-refractivity contribution >= 4 is 33.5 Å². The summed E-state index contributed by atoms with van der Waals surface area (Å²) < 4.78 is 25.9. The lowest BCUT2D eigenvalue weighted by Crippen LogP contribution is -2.62. The Hall–Kier alpha value is -4.05. The van der Waals surface area contributed by atoms with Crippen molar-refractivity contribution in [2.24, 2.45) is 22.6 Å². The number of rotatable bonds is 9. The van der Waals surface area contributed by atoms with Gasteiger partial charge in [-0.25, -0.2) is 0 Å². The van der Waals surface area contributed by atoms with Crippen LogP contribution in [0, 0.1) is 11.8 Å². The van der Waals surface area contributed by atoms with E-state index in [0.717, 1.165) is 49.8 Å². The van der Waals surface area contributed by atoms with Crippen LogP contribution in [-0.4, -0.2) is 93.8 Å². The van der Waals surface area contributed by atoms with Gasteiger partial charge in [0, 0.05) is 69.3 Å². The molecule has 4 bridgehead atoms. The van der Waals surface area contributed by atoms with Crippen molar-refractivity contribution in [3.63, 3.8) is 0 Å². The molecule has 308 valence electrons. The molecule has 1 saturated heterocycles. The molecule has 13 nitrogen and oxygen atoms in total. The normalized spacial score (nSPS) is 30.2. The maximum Gasteiger partial charge on any atom is 0.302 e. The first-order valence-corrected chi connectivity index (χ1v) is 22.2. The summed E-state index contributed by atoms with van der Waals surface area (Å²) in [6, 6.07) is 12.7. The number of aromatic nitrogens is 1. The maximum atomic E-state index is 12.6. The zero-order valence-corrected chi connectivity index (χ0v) is 34.4. The van der Waals surface area contributed by atoms with E-state index in [1.165, 1.54) is 13.0 Å². The van der Waals surface area contributed by atoms with Crippen molar-refractivity contribution in [1.29, 1.82) is 0 Å². The average Bonchev–Trinajstić information content (AvgIpc) is 3.20. The quantitative estimate of drug-likeness (QED) is 0.0500. The van der Waals surface area contributed by atoms with E-state index in [1.54, 1.807) is 31.6 Å². The number of pyridine rings is 1. The first-order valence-electron chi connectivity index (χ1n) is 19.9. The summed E-state index contributed by atoms with van der Waals surface area (Å²) in [7, 11) is 7.40. The molecule has 1 aromatic heterocycles. The third-order valence-corrected chi connectivity index (χ3v) is 15.5. The van der Waals surface area contributed by atoms with Gasteiger partial charge in [-0.15, -0.1) is 0 Å². The van der Waals surface area contributed by atoms with Gasteiger partial charge in [0.1, 0.15) is 12.2 Å². The molecular formula is C42H55N5O8S2. The van der Waals surface area contributed by atoms with Crippen LogP contribution in [0.25, 0.3) is 0 Å². The molecule has 2 saturated carbocycles. The van der Waals surface area contributed by atoms with E-state index >= 15 is 0 Å². The highest BCUT2D eigenvalue weighted by Crippen LogP contribution is 2.54. The predicted octanol–water partition coefficient (Wildman–Crippen LogP) is 5.80. The number of esters is 1. The highest BCUT2D eigenvalue weighted by atomic mass is 33.1. The second-order valence-electron chi connectivity index (χ2n) is 15.7. The van der Waals surface area contributed by atoms with Crippen molar-refractivity contribution in [2.75, 3.05) is 27.2 Å². The molecule has 2 aliphatic carbocycles. The van der Waals surface area contributed by atoms with E-state index in [2.05, 4.69) is 20.6 Å². The van der Waals surface area contributed by atoms with E-state index in [1.807, 2.05) is 52.9 Å². The van der Waals surface area contributed by atoms with Gasteiger partial charge < -0.3 is 50.6 Å². The van der Waals surface area contributed by atoms with Gasteiger partial charge in [0.15, 0.2) is 29.0 Å². The maximum absolute atomic E-state index is 12.6. The first kappa shape index (κ1) is 41.1. The van der Waals surface area contributed by atoms with Crippen LogP contribution in [0.2, 0.25) is 0 Å². The summed E-state index contributed by atoms with van der Waals surface area (Å²) in [6.45, 7) is 2.42. The summed E-state index contributed by atoms with van der Waals surface area (Å²) in [5.41, 5.74) is 8.59. The number of carbonyl (C=O) groups excluding carboxylic acids is 1. The van der Waals surface area contributed by atoms with Gasteiger partial charge in [0.2, 0.25) is 5.75 Å². The number of carbonyl (C=O) groups is 1. The molecular weight excluding hydrogens is 767 g/mol. The smallest absolute Gasteiger partial charge is 0.302 e. The van der Waals surface area contributed by atoms with Crippen LogP contribution in [0.1, 0.15) is 74.7 Å². The van der Waals surface area contributed by atoms with Gasteiger partial charge in [0.05, 0.1) is 29.6 Å². The van der Waals surface area contributed by atoms with E-state index < -0.39 is 17.7 Å². The number of hydrogen-bond donors (Lipinski definition) is 6. The Kier molecular flexibility index (Phi) is 13.2. The van der Waals surface area contributed by atoms with E-state index in [9.17, 15) is 20.1 Å². The number of fused-ring (bicyclic) bond motifs is 7. The Balaban J connectivity index is 1.23. The Labute approximate surface area is 342 Å². The zero-order valence-electron chi connectivity index (χ0n) is 32.8. The summed E-state index contributed by atoms with van der Waals surface area (Å²) >= 11 is 0. The number of nitrogens with one attached hydrogen (secondary N) is 2. The second kappa shape index (κ2) is 18.3. The second-order valence-corrected chi connectivity index (χ2v) is 18.4. The number of ether oxygens (including phenoxy) is 4. The fourth-order valence-electron chi connectivity index (χ4n) is 9.19. The SMILES string of the molecule is CN=C(N)NC12CCCC(C1)Oc1cc(ccc1O)CC1C(CCC3C(OC(C)=O)CC(c4cc(O)c(O)c(OCCc5cccnc5)c4)OC31)SSC2CNC. The Morgan fingerprint density at radius 2 is 1.96 bits per heavy atom. The summed E-state index contributed by atoms with van der Waals surface area (Å²) in [4.78, 5) is 21.1. The van der Waals surface area contributed by atoms with Gasteiger partial charge in [-0.2, -0.15) is 0 Å². The van der Waals surface area contributed by atoms with Crippen LogP contribution in [0.5, 0.6) is 28.7 Å². The number of nitrogens with zero attached hydrogens (tertiary/aromatic N) is 2. The molecule has 15 heteroatoms. The number of phenolic OH excluding ortho intramolecular Hbond substituents is 3. The van der Waals surface area contributed by atoms with E-state index in [0.29, 0.717) is 43.0 Å². The fraction of sp³-hybridized carbons (Fsp3) is 0.548. The van der Waals surface area contributed by atoms with Crippen LogP contribution in [0.4, 0.5) is 0 Å². The lowest BCUT2D eigenvalue weighted by atomic mass is 9.70. The predicted molar refractivity (Wildman–Crippen MR) is 222 cm³/mol. The molecule has 3 aromatic rings. The molecule has 2 aromatic carbocycles. The molecule has 0 radical (unpaired) electrons. The molecule has 9 atom stereocenters. The molecule has 7 N–H and O–H groups in total. The number of aromatic hydroxyl groups is 3. The minimum atomic E-state index is -0.567. The van der Waals surface area contributed by atoms with Crippen LogP contribution in [0.15, 0.2) is 59.9 Å². The Bertz CT molecular complexity index is 1890. The Morgan fingerprint density at radius 1 is 1.11 bits per heavy atom. The summed E-state index contributed by atoms with van der Waals surface area (Å²) in [5.74, 6) is -0.0361. The molecule has 0 spiro atoms. The first-order chi connectivity index (χ1) is 27.6. The molecule has 3 heterocycles. The average molecular weight is 822 g/mol. The minimum absolute atomic E-state index is 0.0260. The lowest BCUT2D eigenvalue weighted by Gasteiger charge is -2.50. The monoisotopic (exact) mass is 821 g/mol. The van der Waals surface area contributed by atoms with Crippen molar-refractivity contribution in [2.45, 2.75) is 105 Å². The largest absolute Gasteiger partial charge is 0.504 e. The Morgan fingerprint density at radius 3 is 2.74 bits per heavy atom. The number of benzene rings is 2. The molecule has 57 heavy (non-hydrogen) atoms. The van der Waals surface area contributed by atoms with Crippen LogP contribution >= 0.6 is 21.6 Å². The molecule has 2 aliphatic heterocycles. The van der Waals surface area contributed by atoms with Crippen LogP contribution in [0.3, 0.4) is 0 Å². The third-order valence-electron chi connectivity index (χ3n) is 11.9.